The second-order valence-corrected chi connectivity index (χ2v) is 7.05. The first-order valence-electron chi connectivity index (χ1n) is 7.38. The third-order valence-corrected chi connectivity index (χ3v) is 5.46. The van der Waals surface area contributed by atoms with Crippen LogP contribution in [0.3, 0.4) is 0 Å². The summed E-state index contributed by atoms with van der Waals surface area (Å²) in [5.41, 5.74) is 1.63. The largest absolute Gasteiger partial charge is 0.314 e. The summed E-state index contributed by atoms with van der Waals surface area (Å²) in [6.07, 6.45) is 7.99. The molecule has 0 aromatic carbocycles. The van der Waals surface area contributed by atoms with Crippen LogP contribution in [0, 0.1) is 0 Å². The second kappa shape index (κ2) is 5.72. The standard InChI is InChI=1S/C15H24N2S/c1-11(8-13-5-3-7-16-13)17-10-14-9-12-4-2-6-15(12)18-14/h9,11,13,16-17H,2-8,10H2,1H3. The quantitative estimate of drug-likeness (QED) is 0.854. The number of fused-ring (bicyclic) bond motifs is 1. The van der Waals surface area contributed by atoms with Gasteiger partial charge in [0.1, 0.15) is 0 Å². The minimum absolute atomic E-state index is 0.623. The summed E-state index contributed by atoms with van der Waals surface area (Å²) in [5.74, 6) is 0. The predicted molar refractivity (Wildman–Crippen MR) is 78.3 cm³/mol. The van der Waals surface area contributed by atoms with Crippen LogP contribution in [-0.4, -0.2) is 18.6 Å². The van der Waals surface area contributed by atoms with Gasteiger partial charge in [-0.3, -0.25) is 0 Å². The van der Waals surface area contributed by atoms with Crippen LogP contribution >= 0.6 is 11.3 Å². The monoisotopic (exact) mass is 264 g/mol. The van der Waals surface area contributed by atoms with E-state index in [0.29, 0.717) is 6.04 Å². The van der Waals surface area contributed by atoms with E-state index in [-0.39, 0.29) is 0 Å². The number of aryl methyl sites for hydroxylation is 2. The summed E-state index contributed by atoms with van der Waals surface area (Å²) >= 11 is 2.03. The second-order valence-electron chi connectivity index (χ2n) is 5.83. The molecule has 1 aromatic rings. The lowest BCUT2D eigenvalue weighted by Crippen LogP contribution is -2.33. The van der Waals surface area contributed by atoms with Gasteiger partial charge in [0, 0.05) is 28.4 Å². The number of hydrogen-bond acceptors (Lipinski definition) is 3. The highest BCUT2D eigenvalue weighted by molar-refractivity contribution is 7.12. The summed E-state index contributed by atoms with van der Waals surface area (Å²) in [5, 5.41) is 7.26. The van der Waals surface area contributed by atoms with E-state index in [9.17, 15) is 0 Å². The molecule has 2 unspecified atom stereocenters. The van der Waals surface area contributed by atoms with Crippen molar-refractivity contribution in [1.82, 2.24) is 10.6 Å². The van der Waals surface area contributed by atoms with Gasteiger partial charge in [0.2, 0.25) is 0 Å². The van der Waals surface area contributed by atoms with Gasteiger partial charge in [-0.1, -0.05) is 0 Å². The molecular formula is C15H24N2S. The lowest BCUT2D eigenvalue weighted by atomic mass is 10.1. The fourth-order valence-electron chi connectivity index (χ4n) is 3.22. The van der Waals surface area contributed by atoms with E-state index in [1.165, 1.54) is 49.9 Å². The average molecular weight is 264 g/mol. The summed E-state index contributed by atoms with van der Waals surface area (Å²) < 4.78 is 0. The molecule has 100 valence electrons. The molecule has 18 heavy (non-hydrogen) atoms. The lowest BCUT2D eigenvalue weighted by molar-refractivity contribution is 0.441. The maximum atomic E-state index is 3.68. The third-order valence-electron chi connectivity index (χ3n) is 4.22. The molecule has 0 bridgehead atoms. The number of nitrogens with one attached hydrogen (secondary N) is 2. The van der Waals surface area contributed by atoms with Crippen molar-refractivity contribution in [3.63, 3.8) is 0 Å². The Balaban J connectivity index is 1.45. The fraction of sp³-hybridized carbons (Fsp3) is 0.733. The molecule has 0 radical (unpaired) electrons. The molecule has 2 heterocycles. The molecule has 2 aliphatic rings. The first-order valence-corrected chi connectivity index (χ1v) is 8.20. The Labute approximate surface area is 114 Å². The molecule has 2 nitrogen and oxygen atoms in total. The third kappa shape index (κ3) is 2.95. The van der Waals surface area contributed by atoms with Gasteiger partial charge in [-0.25, -0.2) is 0 Å². The first kappa shape index (κ1) is 12.6. The Morgan fingerprint density at radius 2 is 2.39 bits per heavy atom. The highest BCUT2D eigenvalue weighted by atomic mass is 32.1. The molecule has 2 N–H and O–H groups in total. The van der Waals surface area contributed by atoms with E-state index in [1.807, 2.05) is 11.3 Å². The van der Waals surface area contributed by atoms with Crippen molar-refractivity contribution in [2.24, 2.45) is 0 Å². The van der Waals surface area contributed by atoms with Crippen molar-refractivity contribution in [1.29, 1.82) is 0 Å². The highest BCUT2D eigenvalue weighted by Crippen LogP contribution is 2.30. The average Bonchev–Trinajstić information content (AvgIpc) is 3.01. The van der Waals surface area contributed by atoms with Crippen LogP contribution in [0.25, 0.3) is 0 Å². The molecule has 0 saturated carbocycles. The fourth-order valence-corrected chi connectivity index (χ4v) is 4.43. The van der Waals surface area contributed by atoms with Gasteiger partial charge in [-0.15, -0.1) is 11.3 Å². The van der Waals surface area contributed by atoms with Crippen molar-refractivity contribution in [2.45, 2.75) is 64.1 Å². The summed E-state index contributed by atoms with van der Waals surface area (Å²) in [7, 11) is 0. The van der Waals surface area contributed by atoms with Crippen molar-refractivity contribution in [2.75, 3.05) is 6.54 Å². The minimum atomic E-state index is 0.623. The zero-order valence-corrected chi connectivity index (χ0v) is 12.1. The maximum absolute atomic E-state index is 3.68. The van der Waals surface area contributed by atoms with E-state index in [0.717, 1.165) is 12.6 Å². The molecule has 3 rings (SSSR count). The van der Waals surface area contributed by atoms with E-state index in [1.54, 1.807) is 10.4 Å². The molecule has 0 spiro atoms. The lowest BCUT2D eigenvalue weighted by Gasteiger charge is -2.17. The van der Waals surface area contributed by atoms with Crippen LogP contribution in [0.2, 0.25) is 0 Å². The van der Waals surface area contributed by atoms with Crippen molar-refractivity contribution < 1.29 is 0 Å². The molecule has 3 heteroatoms. The van der Waals surface area contributed by atoms with Crippen molar-refractivity contribution >= 4 is 11.3 Å². The van der Waals surface area contributed by atoms with Crippen LogP contribution in [0.4, 0.5) is 0 Å². The van der Waals surface area contributed by atoms with E-state index in [4.69, 9.17) is 0 Å². The number of thiophene rings is 1. The van der Waals surface area contributed by atoms with Crippen LogP contribution in [0.5, 0.6) is 0 Å². The van der Waals surface area contributed by atoms with E-state index in [2.05, 4.69) is 23.6 Å². The molecule has 0 amide bonds. The zero-order valence-electron chi connectivity index (χ0n) is 11.3. The molecule has 1 saturated heterocycles. The smallest absolute Gasteiger partial charge is 0.0302 e. The van der Waals surface area contributed by atoms with Gasteiger partial charge in [0.15, 0.2) is 0 Å². The summed E-state index contributed by atoms with van der Waals surface area (Å²) in [6, 6.07) is 3.80. The number of rotatable bonds is 5. The Kier molecular flexibility index (Phi) is 4.02. The Morgan fingerprint density at radius 1 is 1.44 bits per heavy atom. The van der Waals surface area contributed by atoms with Crippen LogP contribution in [-0.2, 0) is 19.4 Å². The van der Waals surface area contributed by atoms with Gasteiger partial charge < -0.3 is 10.6 Å². The normalized spacial score (nSPS) is 24.4. The van der Waals surface area contributed by atoms with Gasteiger partial charge in [0.05, 0.1) is 0 Å². The highest BCUT2D eigenvalue weighted by Gasteiger charge is 2.18. The molecule has 1 aromatic heterocycles. The Morgan fingerprint density at radius 3 is 3.17 bits per heavy atom. The molecule has 2 atom stereocenters. The van der Waals surface area contributed by atoms with Gasteiger partial charge in [-0.05, 0) is 63.6 Å². The van der Waals surface area contributed by atoms with Crippen molar-refractivity contribution in [3.05, 3.63) is 21.4 Å². The van der Waals surface area contributed by atoms with Gasteiger partial charge in [0.25, 0.3) is 0 Å². The molecule has 1 aliphatic carbocycles. The molecular weight excluding hydrogens is 240 g/mol. The number of hydrogen-bond donors (Lipinski definition) is 2. The maximum Gasteiger partial charge on any atom is 0.0302 e. The predicted octanol–water partition coefficient (Wildman–Crippen LogP) is 2.86. The molecule has 1 fully saturated rings. The van der Waals surface area contributed by atoms with E-state index < -0.39 is 0 Å². The van der Waals surface area contributed by atoms with Crippen LogP contribution in [0.15, 0.2) is 6.07 Å². The Hall–Kier alpha value is -0.380. The Bertz CT molecular complexity index is 372. The van der Waals surface area contributed by atoms with Crippen LogP contribution < -0.4 is 10.6 Å². The SMILES string of the molecule is CC(CC1CCCN1)NCc1cc2c(s1)CCC2. The van der Waals surface area contributed by atoms with E-state index >= 15 is 0 Å². The first-order chi connectivity index (χ1) is 8.81. The van der Waals surface area contributed by atoms with Gasteiger partial charge >= 0.3 is 0 Å². The van der Waals surface area contributed by atoms with Crippen LogP contribution in [0.1, 0.15) is 47.9 Å². The minimum Gasteiger partial charge on any atom is -0.314 e. The van der Waals surface area contributed by atoms with Crippen molar-refractivity contribution in [3.8, 4) is 0 Å². The molecule has 1 aliphatic heterocycles. The zero-order chi connectivity index (χ0) is 12.4. The summed E-state index contributed by atoms with van der Waals surface area (Å²) in [6.45, 7) is 4.60. The summed E-state index contributed by atoms with van der Waals surface area (Å²) in [4.78, 5) is 3.18. The van der Waals surface area contributed by atoms with Gasteiger partial charge in [-0.2, -0.15) is 0 Å². The topological polar surface area (TPSA) is 24.1 Å².